The molecule has 33 heavy (non-hydrogen) atoms. The molecule has 0 aliphatic carbocycles. The molecule has 4 rings (SSSR count). The molecule has 0 saturated carbocycles. The maximum absolute atomic E-state index is 12.2. The van der Waals surface area contributed by atoms with Gasteiger partial charge >= 0.3 is 0 Å². The van der Waals surface area contributed by atoms with Crippen molar-refractivity contribution in [3.63, 3.8) is 0 Å². The zero-order chi connectivity index (χ0) is 23.2. The fourth-order valence-electron chi connectivity index (χ4n) is 3.97. The van der Waals surface area contributed by atoms with Crippen LogP contribution in [0, 0.1) is 0 Å². The number of thioether (sulfide) groups is 1. The highest BCUT2D eigenvalue weighted by Gasteiger charge is 2.19. The van der Waals surface area contributed by atoms with Crippen molar-refractivity contribution in [1.29, 1.82) is 0 Å². The van der Waals surface area contributed by atoms with Gasteiger partial charge in [-0.25, -0.2) is 14.6 Å². The van der Waals surface area contributed by atoms with E-state index in [0.717, 1.165) is 35.1 Å². The van der Waals surface area contributed by atoms with Gasteiger partial charge in [0.1, 0.15) is 11.6 Å². The normalized spacial score (nSPS) is 14.1. The number of hydrogen-bond donors (Lipinski definition) is 1. The van der Waals surface area contributed by atoms with Crippen molar-refractivity contribution < 1.29 is 9.53 Å². The molecule has 0 bridgehead atoms. The molecule has 0 spiro atoms. The molecular weight excluding hydrogens is 436 g/mol. The predicted molar refractivity (Wildman–Crippen MR) is 132 cm³/mol. The van der Waals surface area contributed by atoms with E-state index in [2.05, 4.69) is 29.2 Å². The Morgan fingerprint density at radius 3 is 2.61 bits per heavy atom. The molecule has 176 valence electrons. The molecule has 1 saturated heterocycles. The summed E-state index contributed by atoms with van der Waals surface area (Å²) in [6.07, 6.45) is 7.47. The standard InChI is InChI=1S/C24H32N6O2S/c1-17(2)18-7-9-19(10-8-18)32-16-21(31)25-11-14-30-23-20(15-26-30)22(27-24(28-23)33-3)29-12-5-4-6-13-29/h7-10,15,17H,4-6,11-14,16H2,1-3H3,(H,25,31). The van der Waals surface area contributed by atoms with Crippen LogP contribution in [0.2, 0.25) is 0 Å². The van der Waals surface area contributed by atoms with E-state index < -0.39 is 0 Å². The van der Waals surface area contributed by atoms with Crippen LogP contribution in [0.5, 0.6) is 5.75 Å². The molecule has 0 radical (unpaired) electrons. The Bertz CT molecular complexity index is 1080. The van der Waals surface area contributed by atoms with Gasteiger partial charge < -0.3 is 15.0 Å². The molecule has 3 aromatic rings. The maximum Gasteiger partial charge on any atom is 0.258 e. The topological polar surface area (TPSA) is 85.2 Å². The summed E-state index contributed by atoms with van der Waals surface area (Å²) >= 11 is 1.53. The Labute approximate surface area is 199 Å². The third-order valence-corrected chi connectivity index (χ3v) is 6.40. The Morgan fingerprint density at radius 1 is 1.15 bits per heavy atom. The Kier molecular flexibility index (Phi) is 7.69. The minimum atomic E-state index is -0.159. The van der Waals surface area contributed by atoms with Crippen molar-refractivity contribution in [2.24, 2.45) is 0 Å². The quantitative estimate of drug-likeness (QED) is 0.377. The van der Waals surface area contributed by atoms with Crippen LogP contribution >= 0.6 is 11.8 Å². The van der Waals surface area contributed by atoms with Crippen LogP contribution in [0.25, 0.3) is 11.0 Å². The molecule has 0 unspecified atom stereocenters. The lowest BCUT2D eigenvalue weighted by Gasteiger charge is -2.28. The average Bonchev–Trinajstić information content (AvgIpc) is 3.25. The van der Waals surface area contributed by atoms with Crippen LogP contribution in [-0.2, 0) is 11.3 Å². The largest absolute Gasteiger partial charge is 0.484 e. The zero-order valence-corrected chi connectivity index (χ0v) is 20.4. The summed E-state index contributed by atoms with van der Waals surface area (Å²) in [4.78, 5) is 24.0. The lowest BCUT2D eigenvalue weighted by molar-refractivity contribution is -0.123. The van der Waals surface area contributed by atoms with Crippen molar-refractivity contribution in [2.45, 2.75) is 50.7 Å². The number of aromatic nitrogens is 4. The van der Waals surface area contributed by atoms with Crippen LogP contribution in [0.3, 0.4) is 0 Å². The number of rotatable bonds is 9. The van der Waals surface area contributed by atoms with Gasteiger partial charge in [0.2, 0.25) is 0 Å². The summed E-state index contributed by atoms with van der Waals surface area (Å²) in [6, 6.07) is 7.87. The molecule has 0 atom stereocenters. The number of carbonyl (C=O) groups is 1. The van der Waals surface area contributed by atoms with Gasteiger partial charge in [-0.3, -0.25) is 4.79 Å². The van der Waals surface area contributed by atoms with E-state index >= 15 is 0 Å². The fourth-order valence-corrected chi connectivity index (χ4v) is 4.33. The highest BCUT2D eigenvalue weighted by atomic mass is 32.2. The first-order valence-electron chi connectivity index (χ1n) is 11.6. The van der Waals surface area contributed by atoms with E-state index in [9.17, 15) is 4.79 Å². The molecule has 3 heterocycles. The number of benzene rings is 1. The third kappa shape index (κ3) is 5.76. The van der Waals surface area contributed by atoms with Gasteiger partial charge in [-0.05, 0) is 49.1 Å². The van der Waals surface area contributed by atoms with Gasteiger partial charge in [-0.15, -0.1) is 0 Å². The molecule has 8 nitrogen and oxygen atoms in total. The number of piperidine rings is 1. The van der Waals surface area contributed by atoms with Crippen LogP contribution in [0.1, 0.15) is 44.6 Å². The highest BCUT2D eigenvalue weighted by Crippen LogP contribution is 2.28. The second kappa shape index (κ2) is 10.9. The Hall–Kier alpha value is -2.81. The van der Waals surface area contributed by atoms with E-state index in [1.807, 2.05) is 41.4 Å². The van der Waals surface area contributed by atoms with Crippen molar-refractivity contribution in [3.05, 3.63) is 36.0 Å². The van der Waals surface area contributed by atoms with Gasteiger partial charge in [0, 0.05) is 19.6 Å². The Morgan fingerprint density at radius 2 is 1.91 bits per heavy atom. The van der Waals surface area contributed by atoms with Crippen molar-refractivity contribution in [1.82, 2.24) is 25.1 Å². The van der Waals surface area contributed by atoms with E-state index in [-0.39, 0.29) is 12.5 Å². The summed E-state index contributed by atoms with van der Waals surface area (Å²) in [5.74, 6) is 1.97. The molecule has 1 amide bonds. The van der Waals surface area contributed by atoms with Gasteiger partial charge in [0.15, 0.2) is 17.4 Å². The number of nitrogens with zero attached hydrogens (tertiary/aromatic N) is 5. The molecule has 1 fully saturated rings. The smallest absolute Gasteiger partial charge is 0.258 e. The van der Waals surface area contributed by atoms with E-state index in [1.165, 1.54) is 36.6 Å². The number of fused-ring (bicyclic) bond motifs is 1. The molecule has 2 aromatic heterocycles. The summed E-state index contributed by atoms with van der Waals surface area (Å²) in [7, 11) is 0. The van der Waals surface area contributed by atoms with Crippen molar-refractivity contribution in [2.75, 3.05) is 37.4 Å². The summed E-state index contributed by atoms with van der Waals surface area (Å²) in [5.41, 5.74) is 2.06. The van der Waals surface area contributed by atoms with Gasteiger partial charge in [0.05, 0.1) is 18.1 Å². The minimum Gasteiger partial charge on any atom is -0.484 e. The van der Waals surface area contributed by atoms with Crippen LogP contribution in [0.15, 0.2) is 35.6 Å². The van der Waals surface area contributed by atoms with E-state index in [4.69, 9.17) is 14.7 Å². The third-order valence-electron chi connectivity index (χ3n) is 5.86. The average molecular weight is 469 g/mol. The number of nitrogens with one attached hydrogen (secondary N) is 1. The minimum absolute atomic E-state index is 0.0151. The first kappa shape index (κ1) is 23.4. The van der Waals surface area contributed by atoms with E-state index in [0.29, 0.717) is 24.8 Å². The molecule has 1 aliphatic rings. The van der Waals surface area contributed by atoms with Gasteiger partial charge in [-0.2, -0.15) is 5.10 Å². The number of amides is 1. The Balaban J connectivity index is 1.34. The van der Waals surface area contributed by atoms with Crippen LogP contribution in [-0.4, -0.2) is 58.2 Å². The zero-order valence-electron chi connectivity index (χ0n) is 19.6. The molecule has 1 aromatic carbocycles. The second-order valence-electron chi connectivity index (χ2n) is 8.55. The molecular formula is C24H32N6O2S. The first-order valence-corrected chi connectivity index (χ1v) is 12.8. The SMILES string of the molecule is CSc1nc(N2CCCCC2)c2cnn(CCNC(=O)COc3ccc(C(C)C)cc3)c2n1. The number of carbonyl (C=O) groups excluding carboxylic acids is 1. The van der Waals surface area contributed by atoms with Gasteiger partial charge in [0.25, 0.3) is 5.91 Å². The molecule has 9 heteroatoms. The second-order valence-corrected chi connectivity index (χ2v) is 9.32. The number of hydrogen-bond acceptors (Lipinski definition) is 7. The lowest BCUT2D eigenvalue weighted by Crippen LogP contribution is -2.32. The summed E-state index contributed by atoms with van der Waals surface area (Å²) in [5, 5.41) is 9.15. The van der Waals surface area contributed by atoms with E-state index in [1.54, 1.807) is 0 Å². The monoisotopic (exact) mass is 468 g/mol. The molecule has 1 aliphatic heterocycles. The summed E-state index contributed by atoms with van der Waals surface area (Å²) in [6.45, 7) is 7.29. The highest BCUT2D eigenvalue weighted by molar-refractivity contribution is 7.98. The number of anilines is 1. The fraction of sp³-hybridized carbons (Fsp3) is 0.500. The first-order chi connectivity index (χ1) is 16.0. The van der Waals surface area contributed by atoms with Crippen LogP contribution < -0.4 is 15.0 Å². The lowest BCUT2D eigenvalue weighted by atomic mass is 10.0. The summed E-state index contributed by atoms with van der Waals surface area (Å²) < 4.78 is 7.45. The van der Waals surface area contributed by atoms with Crippen molar-refractivity contribution in [3.8, 4) is 5.75 Å². The van der Waals surface area contributed by atoms with Gasteiger partial charge in [-0.1, -0.05) is 37.7 Å². The predicted octanol–water partition coefficient (Wildman–Crippen LogP) is 3.86. The molecule has 1 N–H and O–H groups in total. The maximum atomic E-state index is 12.2. The van der Waals surface area contributed by atoms with Crippen LogP contribution in [0.4, 0.5) is 5.82 Å². The van der Waals surface area contributed by atoms with Crippen molar-refractivity contribution >= 4 is 34.5 Å². The number of ether oxygens (including phenoxy) is 1.